The number of carbonyl (C=O) groups is 1. The second-order valence-corrected chi connectivity index (χ2v) is 5.18. The van der Waals surface area contributed by atoms with E-state index in [1.54, 1.807) is 0 Å². The molecular formula is C15H20O2. The predicted octanol–water partition coefficient (Wildman–Crippen LogP) is 3.43. The standard InChI is InChI=1S/C15H20O2/c1-11-6-8-12(9-7-11)10-14(15(16)17)13-4-2-3-5-13/h6-9,13-14H,2-5,10H2,1H3,(H,16,17). The van der Waals surface area contributed by atoms with Crippen LogP contribution in [0.15, 0.2) is 24.3 Å². The second kappa shape index (κ2) is 5.35. The van der Waals surface area contributed by atoms with Crippen molar-refractivity contribution in [3.8, 4) is 0 Å². The van der Waals surface area contributed by atoms with E-state index in [0.29, 0.717) is 12.3 Å². The average Bonchev–Trinajstić information content (AvgIpc) is 2.81. The van der Waals surface area contributed by atoms with Gasteiger partial charge in [-0.3, -0.25) is 4.79 Å². The molecule has 1 unspecified atom stereocenters. The van der Waals surface area contributed by atoms with Crippen LogP contribution < -0.4 is 0 Å². The molecule has 1 fully saturated rings. The summed E-state index contributed by atoms with van der Waals surface area (Å²) in [6.45, 7) is 2.05. The molecule has 2 rings (SSSR count). The highest BCUT2D eigenvalue weighted by Crippen LogP contribution is 2.33. The van der Waals surface area contributed by atoms with Gasteiger partial charge in [0.15, 0.2) is 0 Å². The Balaban J connectivity index is 2.06. The van der Waals surface area contributed by atoms with E-state index in [-0.39, 0.29) is 5.92 Å². The first-order valence-electron chi connectivity index (χ1n) is 6.45. The second-order valence-electron chi connectivity index (χ2n) is 5.18. The molecule has 1 aliphatic rings. The molecule has 1 saturated carbocycles. The first-order valence-corrected chi connectivity index (χ1v) is 6.45. The Morgan fingerprint density at radius 2 is 1.88 bits per heavy atom. The van der Waals surface area contributed by atoms with E-state index in [1.165, 1.54) is 18.4 Å². The highest BCUT2D eigenvalue weighted by Gasteiger charge is 2.30. The smallest absolute Gasteiger partial charge is 0.307 e. The van der Waals surface area contributed by atoms with Gasteiger partial charge >= 0.3 is 5.97 Å². The molecule has 1 aromatic rings. The van der Waals surface area contributed by atoms with Crippen molar-refractivity contribution < 1.29 is 9.90 Å². The highest BCUT2D eigenvalue weighted by atomic mass is 16.4. The van der Waals surface area contributed by atoms with E-state index in [0.717, 1.165) is 18.4 Å². The van der Waals surface area contributed by atoms with Crippen LogP contribution in [0.2, 0.25) is 0 Å². The topological polar surface area (TPSA) is 37.3 Å². The molecule has 92 valence electrons. The third-order valence-corrected chi connectivity index (χ3v) is 3.86. The molecule has 1 atom stereocenters. The zero-order chi connectivity index (χ0) is 12.3. The molecule has 0 radical (unpaired) electrons. The summed E-state index contributed by atoms with van der Waals surface area (Å²) in [5.41, 5.74) is 2.37. The SMILES string of the molecule is Cc1ccc(CC(C(=O)O)C2CCCC2)cc1. The Morgan fingerprint density at radius 1 is 1.29 bits per heavy atom. The summed E-state index contributed by atoms with van der Waals surface area (Å²) < 4.78 is 0. The van der Waals surface area contributed by atoms with Crippen molar-refractivity contribution in [2.24, 2.45) is 11.8 Å². The molecule has 2 nitrogen and oxygen atoms in total. The fourth-order valence-electron chi connectivity index (χ4n) is 2.79. The predicted molar refractivity (Wildman–Crippen MR) is 68.0 cm³/mol. The van der Waals surface area contributed by atoms with E-state index in [9.17, 15) is 9.90 Å². The Labute approximate surface area is 103 Å². The lowest BCUT2D eigenvalue weighted by molar-refractivity contribution is -0.143. The van der Waals surface area contributed by atoms with Gasteiger partial charge in [-0.05, 0) is 37.7 Å². The maximum absolute atomic E-state index is 11.4. The number of carboxylic acid groups (broad SMARTS) is 1. The van der Waals surface area contributed by atoms with Gasteiger partial charge in [0.25, 0.3) is 0 Å². The summed E-state index contributed by atoms with van der Waals surface area (Å²) in [4.78, 5) is 11.4. The zero-order valence-electron chi connectivity index (χ0n) is 10.4. The van der Waals surface area contributed by atoms with Gasteiger partial charge in [0.2, 0.25) is 0 Å². The lowest BCUT2D eigenvalue weighted by atomic mass is 9.85. The van der Waals surface area contributed by atoms with Gasteiger partial charge in [-0.1, -0.05) is 42.7 Å². The zero-order valence-corrected chi connectivity index (χ0v) is 10.4. The molecule has 0 bridgehead atoms. The van der Waals surface area contributed by atoms with Crippen molar-refractivity contribution in [3.63, 3.8) is 0 Å². The molecule has 0 saturated heterocycles. The Bertz CT molecular complexity index is 374. The maximum Gasteiger partial charge on any atom is 0.307 e. The first-order chi connectivity index (χ1) is 8.16. The van der Waals surface area contributed by atoms with Gasteiger partial charge in [-0.2, -0.15) is 0 Å². The fraction of sp³-hybridized carbons (Fsp3) is 0.533. The van der Waals surface area contributed by atoms with Crippen LogP contribution in [0.3, 0.4) is 0 Å². The summed E-state index contributed by atoms with van der Waals surface area (Å²) in [5, 5.41) is 9.35. The van der Waals surface area contributed by atoms with Crippen LogP contribution >= 0.6 is 0 Å². The van der Waals surface area contributed by atoms with Gasteiger partial charge in [-0.25, -0.2) is 0 Å². The normalized spacial score (nSPS) is 18.2. The van der Waals surface area contributed by atoms with Crippen LogP contribution in [0.5, 0.6) is 0 Å². The molecule has 0 aliphatic heterocycles. The average molecular weight is 232 g/mol. The third-order valence-electron chi connectivity index (χ3n) is 3.86. The minimum absolute atomic E-state index is 0.194. The molecule has 2 heteroatoms. The molecule has 0 aromatic heterocycles. The molecule has 0 heterocycles. The minimum atomic E-state index is -0.627. The monoisotopic (exact) mass is 232 g/mol. The number of carboxylic acids is 1. The van der Waals surface area contributed by atoms with Crippen molar-refractivity contribution in [2.45, 2.75) is 39.0 Å². The number of hydrogen-bond acceptors (Lipinski definition) is 1. The number of aryl methyl sites for hydroxylation is 1. The van der Waals surface area contributed by atoms with E-state index < -0.39 is 5.97 Å². The van der Waals surface area contributed by atoms with E-state index in [4.69, 9.17) is 0 Å². The molecule has 0 amide bonds. The summed E-state index contributed by atoms with van der Waals surface area (Å²) in [6, 6.07) is 8.23. The van der Waals surface area contributed by atoms with Crippen LogP contribution in [-0.4, -0.2) is 11.1 Å². The number of benzene rings is 1. The minimum Gasteiger partial charge on any atom is -0.481 e. The van der Waals surface area contributed by atoms with Crippen LogP contribution in [0.1, 0.15) is 36.8 Å². The van der Waals surface area contributed by atoms with Gasteiger partial charge in [-0.15, -0.1) is 0 Å². The molecule has 0 spiro atoms. The quantitative estimate of drug-likeness (QED) is 0.863. The van der Waals surface area contributed by atoms with E-state index >= 15 is 0 Å². The third kappa shape index (κ3) is 3.09. The summed E-state index contributed by atoms with van der Waals surface area (Å²) in [6.07, 6.45) is 5.25. The first kappa shape index (κ1) is 12.2. The maximum atomic E-state index is 11.4. The van der Waals surface area contributed by atoms with Crippen LogP contribution in [0.4, 0.5) is 0 Å². The molecule has 17 heavy (non-hydrogen) atoms. The highest BCUT2D eigenvalue weighted by molar-refractivity contribution is 5.70. The van der Waals surface area contributed by atoms with Crippen LogP contribution in [0.25, 0.3) is 0 Å². The summed E-state index contributed by atoms with van der Waals surface area (Å²) in [5.74, 6) is -0.438. The number of rotatable bonds is 4. The largest absolute Gasteiger partial charge is 0.481 e. The summed E-state index contributed by atoms with van der Waals surface area (Å²) in [7, 11) is 0. The van der Waals surface area contributed by atoms with Gasteiger partial charge in [0.05, 0.1) is 5.92 Å². The van der Waals surface area contributed by atoms with Crippen molar-refractivity contribution in [1.82, 2.24) is 0 Å². The number of aliphatic carboxylic acids is 1. The Kier molecular flexibility index (Phi) is 3.82. The lowest BCUT2D eigenvalue weighted by Crippen LogP contribution is -2.24. The van der Waals surface area contributed by atoms with Crippen molar-refractivity contribution >= 4 is 5.97 Å². The van der Waals surface area contributed by atoms with Gasteiger partial charge < -0.3 is 5.11 Å². The fourth-order valence-corrected chi connectivity index (χ4v) is 2.79. The van der Waals surface area contributed by atoms with E-state index in [2.05, 4.69) is 31.2 Å². The van der Waals surface area contributed by atoms with Crippen LogP contribution in [0, 0.1) is 18.8 Å². The molecule has 1 aliphatic carbocycles. The summed E-state index contributed by atoms with van der Waals surface area (Å²) >= 11 is 0. The van der Waals surface area contributed by atoms with E-state index in [1.807, 2.05) is 0 Å². The number of hydrogen-bond donors (Lipinski definition) is 1. The molecular weight excluding hydrogens is 212 g/mol. The van der Waals surface area contributed by atoms with Crippen molar-refractivity contribution in [1.29, 1.82) is 0 Å². The van der Waals surface area contributed by atoms with Crippen molar-refractivity contribution in [2.75, 3.05) is 0 Å². The lowest BCUT2D eigenvalue weighted by Gasteiger charge is -2.19. The molecule has 1 aromatic carbocycles. The Hall–Kier alpha value is -1.31. The molecule has 1 N–H and O–H groups in total. The van der Waals surface area contributed by atoms with Gasteiger partial charge in [0, 0.05) is 0 Å². The Morgan fingerprint density at radius 3 is 2.41 bits per heavy atom. The van der Waals surface area contributed by atoms with Crippen molar-refractivity contribution in [3.05, 3.63) is 35.4 Å². The van der Waals surface area contributed by atoms with Crippen LogP contribution in [-0.2, 0) is 11.2 Å². The van der Waals surface area contributed by atoms with Gasteiger partial charge in [0.1, 0.15) is 0 Å².